The van der Waals surface area contributed by atoms with Crippen molar-refractivity contribution in [1.82, 2.24) is 4.57 Å². The van der Waals surface area contributed by atoms with E-state index < -0.39 is 12.0 Å². The Labute approximate surface area is 270 Å². The second kappa shape index (κ2) is 14.3. The van der Waals surface area contributed by atoms with E-state index in [1.807, 2.05) is 44.2 Å². The Morgan fingerprint density at radius 3 is 2.43 bits per heavy atom. The standard InChI is InChI=1S/C35H35N3O7S/c1-6-43-28-18-23(14-17-27(28)45-20-30(39)37-25-10-8-9-11-26(25)42-5)19-29-33(40)38-32(24-15-12-21(3)13-16-24)31(34(41)44-7-2)22(4)36-35(38)46-29/h8-19,32H,6-7,20H2,1-5H3,(H,37,39)/b29-19+/t32-/m0/s1. The molecule has 0 fully saturated rings. The van der Waals surface area contributed by atoms with Crippen LogP contribution in [0.1, 0.15) is 43.5 Å². The number of amides is 1. The molecule has 11 heteroatoms. The second-order valence-electron chi connectivity index (χ2n) is 10.4. The van der Waals surface area contributed by atoms with E-state index in [1.165, 1.54) is 18.4 Å². The minimum absolute atomic E-state index is 0.203. The van der Waals surface area contributed by atoms with Crippen LogP contribution >= 0.6 is 11.3 Å². The Balaban J connectivity index is 1.46. The number of hydrogen-bond acceptors (Lipinski definition) is 9. The molecule has 10 nitrogen and oxygen atoms in total. The zero-order valence-corrected chi connectivity index (χ0v) is 27.1. The molecule has 4 aromatic rings. The van der Waals surface area contributed by atoms with E-state index in [9.17, 15) is 14.4 Å². The molecule has 238 valence electrons. The number of rotatable bonds is 11. The summed E-state index contributed by atoms with van der Waals surface area (Å²) in [5.74, 6) is 0.477. The molecule has 1 amide bonds. The molecule has 0 aliphatic carbocycles. The molecule has 1 atom stereocenters. The zero-order chi connectivity index (χ0) is 32.8. The number of methoxy groups -OCH3 is 1. The topological polar surface area (TPSA) is 117 Å². The molecular formula is C35H35N3O7S. The summed E-state index contributed by atoms with van der Waals surface area (Å²) in [6, 6.07) is 19.4. The minimum Gasteiger partial charge on any atom is -0.495 e. The number of thiazole rings is 1. The van der Waals surface area contributed by atoms with Crippen LogP contribution in [-0.2, 0) is 14.3 Å². The minimum atomic E-state index is -0.685. The van der Waals surface area contributed by atoms with Crippen LogP contribution < -0.4 is 34.4 Å². The maximum absolute atomic E-state index is 14.0. The third-order valence-electron chi connectivity index (χ3n) is 7.22. The Morgan fingerprint density at radius 2 is 1.72 bits per heavy atom. The lowest BCUT2D eigenvalue weighted by molar-refractivity contribution is -0.139. The summed E-state index contributed by atoms with van der Waals surface area (Å²) < 4.78 is 24.3. The van der Waals surface area contributed by atoms with Crippen molar-refractivity contribution >= 4 is 35.0 Å². The van der Waals surface area contributed by atoms with Gasteiger partial charge in [-0.25, -0.2) is 9.79 Å². The number of aryl methyl sites for hydroxylation is 1. The van der Waals surface area contributed by atoms with Gasteiger partial charge in [0.15, 0.2) is 22.9 Å². The van der Waals surface area contributed by atoms with E-state index in [4.69, 9.17) is 18.9 Å². The van der Waals surface area contributed by atoms with Crippen molar-refractivity contribution in [3.05, 3.63) is 114 Å². The van der Waals surface area contributed by atoms with Crippen LogP contribution in [0, 0.1) is 6.92 Å². The average molecular weight is 642 g/mol. The largest absolute Gasteiger partial charge is 0.495 e. The van der Waals surface area contributed by atoms with Crippen LogP contribution in [0.3, 0.4) is 0 Å². The quantitative estimate of drug-likeness (QED) is 0.239. The molecule has 1 aromatic heterocycles. The highest BCUT2D eigenvalue weighted by molar-refractivity contribution is 7.07. The molecule has 0 spiro atoms. The first-order valence-corrected chi connectivity index (χ1v) is 15.6. The molecule has 2 heterocycles. The summed E-state index contributed by atoms with van der Waals surface area (Å²) in [5, 5.41) is 2.78. The van der Waals surface area contributed by atoms with E-state index in [-0.39, 0.29) is 24.7 Å². The number of anilines is 1. The van der Waals surface area contributed by atoms with E-state index >= 15 is 0 Å². The van der Waals surface area contributed by atoms with Crippen molar-refractivity contribution in [2.24, 2.45) is 4.99 Å². The van der Waals surface area contributed by atoms with Crippen molar-refractivity contribution in [1.29, 1.82) is 0 Å². The van der Waals surface area contributed by atoms with E-state index in [0.29, 0.717) is 55.7 Å². The Bertz CT molecular complexity index is 1980. The maximum Gasteiger partial charge on any atom is 0.338 e. The highest BCUT2D eigenvalue weighted by Gasteiger charge is 2.33. The van der Waals surface area contributed by atoms with Crippen LogP contribution in [0.4, 0.5) is 5.69 Å². The van der Waals surface area contributed by atoms with Crippen molar-refractivity contribution < 1.29 is 28.5 Å². The van der Waals surface area contributed by atoms with Gasteiger partial charge in [0.25, 0.3) is 11.5 Å². The van der Waals surface area contributed by atoms with Crippen LogP contribution in [-0.4, -0.2) is 43.4 Å². The smallest absolute Gasteiger partial charge is 0.338 e. The van der Waals surface area contributed by atoms with Crippen LogP contribution in [0.5, 0.6) is 17.2 Å². The molecule has 0 saturated heterocycles. The summed E-state index contributed by atoms with van der Waals surface area (Å²) in [6.45, 7) is 7.64. The molecular weight excluding hydrogens is 606 g/mol. The fraction of sp³-hybridized carbons (Fsp3) is 0.257. The molecule has 3 aromatic carbocycles. The lowest BCUT2D eigenvalue weighted by Gasteiger charge is -2.24. The maximum atomic E-state index is 14.0. The highest BCUT2D eigenvalue weighted by atomic mass is 32.1. The molecule has 5 rings (SSSR count). The summed E-state index contributed by atoms with van der Waals surface area (Å²) in [5.41, 5.74) is 3.62. The van der Waals surface area contributed by atoms with Gasteiger partial charge in [-0.2, -0.15) is 0 Å². The number of nitrogens with zero attached hydrogens (tertiary/aromatic N) is 2. The van der Waals surface area contributed by atoms with Gasteiger partial charge in [0.2, 0.25) is 0 Å². The third-order valence-corrected chi connectivity index (χ3v) is 8.20. The van der Waals surface area contributed by atoms with Crippen molar-refractivity contribution in [2.75, 3.05) is 32.2 Å². The summed E-state index contributed by atoms with van der Waals surface area (Å²) in [6.07, 6.45) is 1.75. The van der Waals surface area contributed by atoms with Gasteiger partial charge in [0, 0.05) is 0 Å². The lowest BCUT2D eigenvalue weighted by atomic mass is 9.95. The number of para-hydroxylation sites is 2. The van der Waals surface area contributed by atoms with Gasteiger partial charge in [0.05, 0.1) is 47.9 Å². The number of carbonyl (C=O) groups excluding carboxylic acids is 2. The predicted octanol–water partition coefficient (Wildman–Crippen LogP) is 4.53. The number of nitrogens with one attached hydrogen (secondary N) is 1. The summed E-state index contributed by atoms with van der Waals surface area (Å²) >= 11 is 1.24. The normalized spacial score (nSPS) is 14.3. The first-order chi connectivity index (χ1) is 22.2. The molecule has 46 heavy (non-hydrogen) atoms. The molecule has 1 aliphatic rings. The van der Waals surface area contributed by atoms with Gasteiger partial charge in [-0.1, -0.05) is 59.4 Å². The summed E-state index contributed by atoms with van der Waals surface area (Å²) in [7, 11) is 1.53. The predicted molar refractivity (Wildman–Crippen MR) is 176 cm³/mol. The summed E-state index contributed by atoms with van der Waals surface area (Å²) in [4.78, 5) is 44.8. The number of carbonyl (C=O) groups is 2. The van der Waals surface area contributed by atoms with Crippen LogP contribution in [0.2, 0.25) is 0 Å². The van der Waals surface area contributed by atoms with Gasteiger partial charge < -0.3 is 24.3 Å². The highest BCUT2D eigenvalue weighted by Crippen LogP contribution is 2.32. The van der Waals surface area contributed by atoms with Gasteiger partial charge in [-0.15, -0.1) is 0 Å². The number of benzene rings is 3. The van der Waals surface area contributed by atoms with E-state index in [2.05, 4.69) is 10.3 Å². The Hall–Kier alpha value is -5.16. The van der Waals surface area contributed by atoms with Crippen molar-refractivity contribution in [3.63, 3.8) is 0 Å². The average Bonchev–Trinajstić information content (AvgIpc) is 3.34. The molecule has 0 radical (unpaired) electrons. The number of fused-ring (bicyclic) bond motifs is 1. The van der Waals surface area contributed by atoms with E-state index in [0.717, 1.165) is 11.1 Å². The monoisotopic (exact) mass is 641 g/mol. The van der Waals surface area contributed by atoms with Gasteiger partial charge in [-0.05, 0) is 69.2 Å². The number of esters is 1. The Morgan fingerprint density at radius 1 is 0.957 bits per heavy atom. The third kappa shape index (κ3) is 6.89. The van der Waals surface area contributed by atoms with Crippen LogP contribution in [0.15, 0.2) is 87.8 Å². The van der Waals surface area contributed by atoms with Gasteiger partial charge in [0.1, 0.15) is 5.75 Å². The zero-order valence-electron chi connectivity index (χ0n) is 26.3. The number of ether oxygens (including phenoxy) is 4. The lowest BCUT2D eigenvalue weighted by Crippen LogP contribution is -2.39. The molecule has 1 N–H and O–H groups in total. The SMILES string of the molecule is CCOC(=O)C1=C(C)N=c2s/c(=C/c3ccc(OCC(=O)Nc4ccccc4OC)c(OCC)c3)c(=O)n2[C@H]1c1ccc(C)cc1. The fourth-order valence-electron chi connectivity index (χ4n) is 5.09. The Kier molecular flexibility index (Phi) is 10.0. The number of allylic oxidation sites excluding steroid dienone is 1. The first-order valence-electron chi connectivity index (χ1n) is 14.8. The van der Waals surface area contributed by atoms with Crippen molar-refractivity contribution in [2.45, 2.75) is 33.7 Å². The number of hydrogen-bond donors (Lipinski definition) is 1. The van der Waals surface area contributed by atoms with Crippen LogP contribution in [0.25, 0.3) is 6.08 Å². The number of aromatic nitrogens is 1. The molecule has 0 bridgehead atoms. The van der Waals surface area contributed by atoms with Gasteiger partial charge >= 0.3 is 5.97 Å². The molecule has 0 saturated carbocycles. The second-order valence-corrected chi connectivity index (χ2v) is 11.4. The first kappa shape index (κ1) is 32.2. The van der Waals surface area contributed by atoms with Crippen molar-refractivity contribution in [3.8, 4) is 17.2 Å². The molecule has 1 aliphatic heterocycles. The fourth-order valence-corrected chi connectivity index (χ4v) is 6.13. The van der Waals surface area contributed by atoms with Gasteiger partial charge in [-0.3, -0.25) is 14.2 Å². The van der Waals surface area contributed by atoms with E-state index in [1.54, 1.807) is 60.9 Å². The molecule has 0 unspecified atom stereocenters.